The first kappa shape index (κ1) is 93.1. The van der Waals surface area contributed by atoms with Crippen LogP contribution in [0.3, 0.4) is 0 Å². The summed E-state index contributed by atoms with van der Waals surface area (Å²) in [6, 6.07) is 0. The summed E-state index contributed by atoms with van der Waals surface area (Å²) in [6.07, 6.45) is 49.8. The molecular formula is C76H148O17P2. The molecule has 564 valence electrons. The number of aliphatic hydroxyl groups excluding tert-OH is 1. The highest BCUT2D eigenvalue weighted by molar-refractivity contribution is 7.47. The van der Waals surface area contributed by atoms with Crippen molar-refractivity contribution in [2.75, 3.05) is 39.6 Å². The lowest BCUT2D eigenvalue weighted by atomic mass is 9.99. The number of phosphoric acid groups is 2. The molecule has 0 saturated heterocycles. The number of unbranched alkanes of at least 4 members (excludes halogenated alkanes) is 37. The zero-order valence-corrected chi connectivity index (χ0v) is 64.1. The van der Waals surface area contributed by atoms with Gasteiger partial charge in [-0.15, -0.1) is 0 Å². The van der Waals surface area contributed by atoms with E-state index in [-0.39, 0.29) is 25.7 Å². The van der Waals surface area contributed by atoms with E-state index in [0.717, 1.165) is 120 Å². The van der Waals surface area contributed by atoms with Crippen LogP contribution >= 0.6 is 15.6 Å². The summed E-state index contributed by atoms with van der Waals surface area (Å²) < 4.78 is 68.5. The smallest absolute Gasteiger partial charge is 0.462 e. The molecule has 17 nitrogen and oxygen atoms in total. The molecule has 0 aliphatic heterocycles. The maximum absolute atomic E-state index is 13.1. The maximum atomic E-state index is 13.1. The lowest BCUT2D eigenvalue weighted by Crippen LogP contribution is -2.30. The Bertz CT molecular complexity index is 1870. The zero-order valence-electron chi connectivity index (χ0n) is 62.3. The molecule has 95 heavy (non-hydrogen) atoms. The minimum Gasteiger partial charge on any atom is -0.462 e. The van der Waals surface area contributed by atoms with Crippen molar-refractivity contribution in [2.45, 2.75) is 401 Å². The van der Waals surface area contributed by atoms with E-state index in [0.29, 0.717) is 25.7 Å². The average Bonchev–Trinajstić information content (AvgIpc) is 1.59. The summed E-state index contributed by atoms with van der Waals surface area (Å²) in [5.74, 6) is 0.983. The number of hydrogen-bond acceptors (Lipinski definition) is 15. The molecule has 0 bridgehead atoms. The molecule has 0 aromatic heterocycles. The number of hydrogen-bond donors (Lipinski definition) is 3. The second-order valence-electron chi connectivity index (χ2n) is 28.8. The number of rotatable bonds is 73. The minimum atomic E-state index is -4.96. The van der Waals surface area contributed by atoms with E-state index in [1.807, 2.05) is 0 Å². The first-order valence-electron chi connectivity index (χ1n) is 39.3. The van der Waals surface area contributed by atoms with Crippen LogP contribution in [0.25, 0.3) is 0 Å². The minimum absolute atomic E-state index is 0.106. The molecule has 7 atom stereocenters. The van der Waals surface area contributed by atoms with Gasteiger partial charge in [-0.3, -0.25) is 37.3 Å². The van der Waals surface area contributed by atoms with E-state index in [2.05, 4.69) is 55.4 Å². The Morgan fingerprint density at radius 3 is 0.747 bits per heavy atom. The average molecular weight is 1400 g/mol. The van der Waals surface area contributed by atoms with E-state index in [4.69, 9.17) is 37.0 Å². The van der Waals surface area contributed by atoms with Crippen LogP contribution in [0, 0.1) is 23.7 Å². The predicted octanol–water partition coefficient (Wildman–Crippen LogP) is 22.0. The molecule has 0 radical (unpaired) electrons. The Morgan fingerprint density at radius 2 is 0.505 bits per heavy atom. The van der Waals surface area contributed by atoms with E-state index < -0.39 is 97.5 Å². The number of phosphoric ester groups is 2. The molecule has 0 aliphatic carbocycles. The molecule has 0 amide bonds. The standard InChI is InChI=1S/C76H148O17P2/c1-9-68(7)54-46-38-30-24-20-21-25-31-40-48-56-73(78)86-62-71(92-75(80)59-51-43-33-27-19-15-14-17-23-29-37-45-53-67(5)6)64-90-94(82,83)88-60-70(77)61-89-95(84,85)91-65-72(63-87-74(79)57-49-41-35-34-39-47-55-69(8)10-2)93-76(81)58-50-42-32-26-18-13-11-12-16-22-28-36-44-52-66(3)4/h66-72,77H,9-65H2,1-8H3,(H,82,83)(H,84,85)/t68?,69?,70-,71-,72-/m1/s1. The third kappa shape index (κ3) is 67.6. The maximum Gasteiger partial charge on any atom is 0.472 e. The van der Waals surface area contributed by atoms with Gasteiger partial charge in [0.25, 0.3) is 0 Å². The monoisotopic (exact) mass is 1400 g/mol. The summed E-state index contributed by atoms with van der Waals surface area (Å²) in [7, 11) is -9.91. The van der Waals surface area contributed by atoms with E-state index in [1.54, 1.807) is 0 Å². The van der Waals surface area contributed by atoms with Crippen molar-refractivity contribution in [1.29, 1.82) is 0 Å². The Balaban J connectivity index is 5.27. The summed E-state index contributed by atoms with van der Waals surface area (Å²) in [4.78, 5) is 72.8. The SMILES string of the molecule is CCC(C)CCCCCCCCCCCCC(=O)OC[C@H](COP(=O)(O)OC[C@@H](O)COP(=O)(O)OC[C@@H](COC(=O)CCCCCCCCC(C)CC)OC(=O)CCCCCCCCCCCCCCCC(C)C)OC(=O)CCCCCCCCCCCCCCC(C)C. The van der Waals surface area contributed by atoms with Gasteiger partial charge in [0.15, 0.2) is 12.2 Å². The molecule has 3 N–H and O–H groups in total. The van der Waals surface area contributed by atoms with Gasteiger partial charge in [-0.05, 0) is 49.4 Å². The molecule has 19 heteroatoms. The van der Waals surface area contributed by atoms with E-state index >= 15 is 0 Å². The molecule has 0 aromatic carbocycles. The van der Waals surface area contributed by atoms with Crippen LogP contribution in [0.4, 0.5) is 0 Å². The highest BCUT2D eigenvalue weighted by Gasteiger charge is 2.30. The molecule has 4 unspecified atom stereocenters. The van der Waals surface area contributed by atoms with Gasteiger partial charge < -0.3 is 33.8 Å². The zero-order chi connectivity index (χ0) is 70.3. The molecule has 0 rings (SSSR count). The summed E-state index contributed by atoms with van der Waals surface area (Å²) in [5, 5.41) is 10.6. The second kappa shape index (κ2) is 65.4. The lowest BCUT2D eigenvalue weighted by molar-refractivity contribution is -0.161. The van der Waals surface area contributed by atoms with Crippen molar-refractivity contribution in [3.05, 3.63) is 0 Å². The predicted molar refractivity (Wildman–Crippen MR) is 386 cm³/mol. The fraction of sp³-hybridized carbons (Fsp3) is 0.947. The number of carbonyl (C=O) groups excluding carboxylic acids is 4. The van der Waals surface area contributed by atoms with Crippen molar-refractivity contribution >= 4 is 39.5 Å². The number of ether oxygens (including phenoxy) is 4. The number of aliphatic hydroxyl groups is 1. The van der Waals surface area contributed by atoms with Crippen LogP contribution in [0.1, 0.15) is 383 Å². The van der Waals surface area contributed by atoms with Gasteiger partial charge in [0.1, 0.15) is 19.3 Å². The van der Waals surface area contributed by atoms with Crippen molar-refractivity contribution in [3.63, 3.8) is 0 Å². The number of esters is 4. The van der Waals surface area contributed by atoms with Gasteiger partial charge in [-0.1, -0.05) is 331 Å². The molecule has 0 spiro atoms. The van der Waals surface area contributed by atoms with Crippen molar-refractivity contribution in [2.24, 2.45) is 23.7 Å². The second-order valence-corrected chi connectivity index (χ2v) is 31.7. The highest BCUT2D eigenvalue weighted by atomic mass is 31.2. The van der Waals surface area contributed by atoms with Gasteiger partial charge >= 0.3 is 39.5 Å². The highest BCUT2D eigenvalue weighted by Crippen LogP contribution is 2.45. The first-order chi connectivity index (χ1) is 45.7. The Hall–Kier alpha value is -1.94. The fourth-order valence-corrected chi connectivity index (χ4v) is 13.1. The fourth-order valence-electron chi connectivity index (χ4n) is 11.5. The van der Waals surface area contributed by atoms with Gasteiger partial charge in [-0.25, -0.2) is 9.13 Å². The molecule has 0 fully saturated rings. The van der Waals surface area contributed by atoms with Gasteiger partial charge in [0, 0.05) is 25.7 Å². The van der Waals surface area contributed by atoms with Gasteiger partial charge in [0.05, 0.1) is 26.4 Å². The van der Waals surface area contributed by atoms with Crippen molar-refractivity contribution in [3.8, 4) is 0 Å². The summed E-state index contributed by atoms with van der Waals surface area (Å²) >= 11 is 0. The van der Waals surface area contributed by atoms with E-state index in [9.17, 15) is 43.2 Å². The van der Waals surface area contributed by atoms with Crippen LogP contribution in [0.5, 0.6) is 0 Å². The molecular weight excluding hydrogens is 1250 g/mol. The van der Waals surface area contributed by atoms with Gasteiger partial charge in [0.2, 0.25) is 0 Å². The third-order valence-corrected chi connectivity index (χ3v) is 20.2. The third-order valence-electron chi connectivity index (χ3n) is 18.3. The van der Waals surface area contributed by atoms with Crippen LogP contribution in [-0.2, 0) is 65.4 Å². The number of carbonyl (C=O) groups is 4. The molecule has 0 heterocycles. The largest absolute Gasteiger partial charge is 0.472 e. The van der Waals surface area contributed by atoms with Crippen molar-refractivity contribution in [1.82, 2.24) is 0 Å². The first-order valence-corrected chi connectivity index (χ1v) is 42.3. The van der Waals surface area contributed by atoms with Gasteiger partial charge in [-0.2, -0.15) is 0 Å². The summed E-state index contributed by atoms with van der Waals surface area (Å²) in [6.45, 7) is 14.2. The Kier molecular flexibility index (Phi) is 64.0. The van der Waals surface area contributed by atoms with Crippen LogP contribution < -0.4 is 0 Å². The molecule has 0 saturated carbocycles. The van der Waals surface area contributed by atoms with E-state index in [1.165, 1.54) is 180 Å². The molecule has 0 aromatic rings. The Labute approximate surface area is 581 Å². The van der Waals surface area contributed by atoms with Crippen LogP contribution in [-0.4, -0.2) is 96.7 Å². The van der Waals surface area contributed by atoms with Crippen LogP contribution in [0.2, 0.25) is 0 Å². The van der Waals surface area contributed by atoms with Crippen molar-refractivity contribution < 1.29 is 80.2 Å². The normalized spacial score (nSPS) is 14.7. The Morgan fingerprint density at radius 1 is 0.295 bits per heavy atom. The quantitative estimate of drug-likeness (QED) is 0.0222. The lowest BCUT2D eigenvalue weighted by Gasteiger charge is -2.21. The summed E-state index contributed by atoms with van der Waals surface area (Å²) in [5.41, 5.74) is 0. The molecule has 0 aliphatic rings. The van der Waals surface area contributed by atoms with Crippen LogP contribution in [0.15, 0.2) is 0 Å². The topological polar surface area (TPSA) is 237 Å².